The van der Waals surface area contributed by atoms with Crippen LogP contribution in [0.5, 0.6) is 5.88 Å². The van der Waals surface area contributed by atoms with Crippen LogP contribution < -0.4 is 15.1 Å². The Labute approximate surface area is 230 Å². The van der Waals surface area contributed by atoms with Gasteiger partial charge < -0.3 is 19.3 Å². The first-order valence-corrected chi connectivity index (χ1v) is 12.5. The number of piperazine rings is 1. The summed E-state index contributed by atoms with van der Waals surface area (Å²) in [4.78, 5) is 16.4. The number of hydrogen-bond donors (Lipinski definition) is 2. The fourth-order valence-corrected chi connectivity index (χ4v) is 6.30. The molecule has 0 saturated carbocycles. The highest BCUT2D eigenvalue weighted by Crippen LogP contribution is 2.34. The van der Waals surface area contributed by atoms with Crippen molar-refractivity contribution in [2.24, 2.45) is 0 Å². The zero-order valence-electron chi connectivity index (χ0n) is 20.4. The maximum atomic E-state index is 13.6. The number of likely N-dealkylation sites (tertiary alicyclic amines) is 1. The van der Waals surface area contributed by atoms with Crippen LogP contribution in [0.4, 0.5) is 19.0 Å². The number of nitrogens with one attached hydrogen (secondary N) is 1. The normalized spacial score (nSPS) is 18.7. The van der Waals surface area contributed by atoms with Gasteiger partial charge in [-0.1, -0.05) is 0 Å². The van der Waals surface area contributed by atoms with Crippen molar-refractivity contribution in [3.8, 4) is 5.88 Å². The molecular weight excluding hydrogens is 584 g/mol. The number of nitrogens with zero attached hydrogens (tertiary/aromatic N) is 5. The van der Waals surface area contributed by atoms with E-state index >= 15 is 0 Å². The van der Waals surface area contributed by atoms with Crippen LogP contribution in [0.15, 0.2) is 12.1 Å². The van der Waals surface area contributed by atoms with E-state index in [2.05, 4.69) is 14.9 Å². The molecule has 0 unspecified atom stereocenters. The van der Waals surface area contributed by atoms with Gasteiger partial charge in [-0.25, -0.2) is 13.9 Å². The van der Waals surface area contributed by atoms with Gasteiger partial charge in [0.15, 0.2) is 17.4 Å². The number of hydroxylamine groups is 1. The number of amides is 1. The number of sulfonamides is 1. The van der Waals surface area contributed by atoms with Crippen molar-refractivity contribution in [2.75, 3.05) is 71.2 Å². The maximum Gasteiger partial charge on any atom is 0.525 e. The smallest absolute Gasteiger partial charge is 0.449 e. The van der Waals surface area contributed by atoms with Crippen LogP contribution in [-0.4, -0.2) is 116 Å². The van der Waals surface area contributed by atoms with Gasteiger partial charge in [-0.15, -0.1) is 48.2 Å². The topological polar surface area (TPSA) is 147 Å². The van der Waals surface area contributed by atoms with Crippen LogP contribution in [0.2, 0.25) is 0 Å². The minimum absolute atomic E-state index is 0. The fraction of sp³-hybridized carbons (Fsp3) is 0.737. The second kappa shape index (κ2) is 14.6. The van der Waals surface area contributed by atoms with Crippen LogP contribution in [-0.2, 0) is 24.3 Å². The molecule has 2 aliphatic heterocycles. The summed E-state index contributed by atoms with van der Waals surface area (Å²) in [6.45, 7) is 1.33. The van der Waals surface area contributed by atoms with E-state index in [1.54, 1.807) is 17.5 Å². The number of carbonyl (C=O) groups is 1. The SMILES string of the molecule is COCCN1CCC(C(=O)NO)(S(=O)(=O)N2CCN(c3ccc(OCOC(F)(F)F)nn3)CC2)CC1.Cl.Cl. The molecule has 1 aromatic heterocycles. The highest BCUT2D eigenvalue weighted by atomic mass is 35.5. The Bertz CT molecular complexity index is 978. The maximum absolute atomic E-state index is 13.6. The molecule has 2 fully saturated rings. The van der Waals surface area contributed by atoms with E-state index in [1.165, 1.54) is 16.4 Å². The number of halogens is 5. The molecule has 1 amide bonds. The number of carbonyl (C=O) groups excluding carboxylic acids is 1. The van der Waals surface area contributed by atoms with E-state index in [4.69, 9.17) is 9.47 Å². The Morgan fingerprint density at radius 2 is 1.74 bits per heavy atom. The van der Waals surface area contributed by atoms with E-state index in [-0.39, 0.29) is 69.7 Å². The molecule has 13 nitrogen and oxygen atoms in total. The van der Waals surface area contributed by atoms with Crippen molar-refractivity contribution in [3.05, 3.63) is 12.1 Å². The molecular formula is C19H31Cl2F3N6O7S. The van der Waals surface area contributed by atoms with E-state index < -0.39 is 33.8 Å². The number of methoxy groups -OCH3 is 1. The zero-order chi connectivity index (χ0) is 26.4. The quantitative estimate of drug-likeness (QED) is 0.217. The third kappa shape index (κ3) is 8.14. The zero-order valence-corrected chi connectivity index (χ0v) is 22.9. The molecule has 0 radical (unpaired) electrons. The highest BCUT2D eigenvalue weighted by molar-refractivity contribution is 7.91. The van der Waals surface area contributed by atoms with Gasteiger partial charge in [-0.2, -0.15) is 4.31 Å². The largest absolute Gasteiger partial charge is 0.525 e. The first kappa shape index (κ1) is 34.3. The molecule has 38 heavy (non-hydrogen) atoms. The van der Waals surface area contributed by atoms with Gasteiger partial charge in [0.1, 0.15) is 0 Å². The van der Waals surface area contributed by atoms with Gasteiger partial charge in [0.25, 0.3) is 5.91 Å². The van der Waals surface area contributed by atoms with Crippen LogP contribution >= 0.6 is 24.8 Å². The minimum Gasteiger partial charge on any atom is -0.449 e. The Kier molecular flexibility index (Phi) is 13.2. The van der Waals surface area contributed by atoms with Gasteiger partial charge in [0.05, 0.1) is 6.61 Å². The number of piperidine rings is 1. The van der Waals surface area contributed by atoms with E-state index in [0.29, 0.717) is 32.1 Å². The van der Waals surface area contributed by atoms with Crippen molar-refractivity contribution in [3.63, 3.8) is 0 Å². The van der Waals surface area contributed by atoms with Gasteiger partial charge in [0.2, 0.25) is 15.9 Å². The second-order valence-corrected chi connectivity index (χ2v) is 10.5. The average Bonchev–Trinajstić information content (AvgIpc) is 2.87. The lowest BCUT2D eigenvalue weighted by Gasteiger charge is -2.43. The molecule has 1 aromatic rings. The Hall–Kier alpha value is -1.73. The van der Waals surface area contributed by atoms with Crippen LogP contribution in [0.1, 0.15) is 12.8 Å². The number of hydrogen-bond acceptors (Lipinski definition) is 11. The molecule has 0 bridgehead atoms. The molecule has 220 valence electrons. The summed E-state index contributed by atoms with van der Waals surface area (Å²) >= 11 is 0. The Balaban J connectivity index is 0.00000361. The van der Waals surface area contributed by atoms with Crippen molar-refractivity contribution >= 4 is 46.6 Å². The number of anilines is 1. The third-order valence-corrected chi connectivity index (χ3v) is 8.87. The average molecular weight is 615 g/mol. The lowest BCUT2D eigenvalue weighted by Crippen LogP contribution is -2.63. The summed E-state index contributed by atoms with van der Waals surface area (Å²) < 4.78 is 76.0. The highest BCUT2D eigenvalue weighted by Gasteiger charge is 2.55. The van der Waals surface area contributed by atoms with Crippen LogP contribution in [0.3, 0.4) is 0 Å². The van der Waals surface area contributed by atoms with Gasteiger partial charge in [-0.3, -0.25) is 14.7 Å². The molecule has 3 rings (SSSR count). The summed E-state index contributed by atoms with van der Waals surface area (Å²) in [5.74, 6) is -0.740. The number of alkyl halides is 3. The number of ether oxygens (including phenoxy) is 3. The predicted octanol–water partition coefficient (Wildman–Crippen LogP) is 0.631. The van der Waals surface area contributed by atoms with Crippen LogP contribution in [0.25, 0.3) is 0 Å². The monoisotopic (exact) mass is 614 g/mol. The van der Waals surface area contributed by atoms with E-state index in [1.807, 2.05) is 4.90 Å². The van der Waals surface area contributed by atoms with Gasteiger partial charge in [0, 0.05) is 59.0 Å². The summed E-state index contributed by atoms with van der Waals surface area (Å²) in [7, 11) is -2.55. The molecule has 2 saturated heterocycles. The predicted molar refractivity (Wildman–Crippen MR) is 132 cm³/mol. The first-order valence-electron chi connectivity index (χ1n) is 11.1. The fourth-order valence-electron chi connectivity index (χ4n) is 4.18. The minimum atomic E-state index is -4.83. The molecule has 2 aliphatic rings. The first-order chi connectivity index (χ1) is 17.0. The van der Waals surface area contributed by atoms with Crippen molar-refractivity contribution in [2.45, 2.75) is 24.0 Å². The molecule has 0 aromatic carbocycles. The molecule has 0 spiro atoms. The van der Waals surface area contributed by atoms with E-state index in [9.17, 15) is 31.6 Å². The third-order valence-electron chi connectivity index (χ3n) is 6.24. The molecule has 3 heterocycles. The summed E-state index contributed by atoms with van der Waals surface area (Å²) in [6.07, 6.45) is -4.78. The number of aromatic nitrogens is 2. The number of rotatable bonds is 10. The molecule has 0 aliphatic carbocycles. The lowest BCUT2D eigenvalue weighted by atomic mass is 9.95. The standard InChI is InChI=1S/C19H29F3N6O7S.2ClH/c1-33-13-12-26-6-4-18(5-7-26,17(29)25-30)36(31,32)28-10-8-27(9-11-28)15-2-3-16(24-23-15)34-14-35-19(20,21)22;;/h2-3,30H,4-14H2,1H3,(H,25,29);2*1H. The molecule has 2 N–H and O–H groups in total. The molecule has 0 atom stereocenters. The van der Waals surface area contributed by atoms with E-state index in [0.717, 1.165) is 0 Å². The van der Waals surface area contributed by atoms with Gasteiger partial charge in [-0.05, 0) is 18.9 Å². The summed E-state index contributed by atoms with van der Waals surface area (Å²) in [5, 5.41) is 16.9. The summed E-state index contributed by atoms with van der Waals surface area (Å²) in [5.41, 5.74) is 1.54. The van der Waals surface area contributed by atoms with Crippen molar-refractivity contribution in [1.29, 1.82) is 0 Å². The van der Waals surface area contributed by atoms with Crippen LogP contribution in [0, 0.1) is 0 Å². The van der Waals surface area contributed by atoms with Crippen molar-refractivity contribution < 1.29 is 45.8 Å². The van der Waals surface area contributed by atoms with Crippen molar-refractivity contribution in [1.82, 2.24) is 24.9 Å². The molecule has 19 heteroatoms. The van der Waals surface area contributed by atoms with Gasteiger partial charge >= 0.3 is 6.36 Å². The summed E-state index contributed by atoms with van der Waals surface area (Å²) in [6, 6.07) is 2.81. The Morgan fingerprint density at radius 3 is 2.24 bits per heavy atom. The Morgan fingerprint density at radius 1 is 1.11 bits per heavy atom. The lowest BCUT2D eigenvalue weighted by molar-refractivity contribution is -0.341. The second-order valence-electron chi connectivity index (χ2n) is 8.24.